The SMILES string of the molecule is Cl.Nc1cc(S(=O)(=O)N2CCOCC2)ccc1N1C=CC=NC=C1. The van der Waals surface area contributed by atoms with Gasteiger partial charge in [0.15, 0.2) is 0 Å². The Balaban J connectivity index is 0.00000208. The number of rotatable bonds is 3. The van der Waals surface area contributed by atoms with Gasteiger partial charge in [0.2, 0.25) is 10.0 Å². The number of allylic oxidation sites excluding steroid dienone is 1. The number of morpholine rings is 1. The van der Waals surface area contributed by atoms with Crippen LogP contribution in [0.5, 0.6) is 0 Å². The molecule has 2 aliphatic rings. The van der Waals surface area contributed by atoms with E-state index in [1.54, 1.807) is 47.9 Å². The van der Waals surface area contributed by atoms with Crippen LogP contribution in [0.3, 0.4) is 0 Å². The molecule has 1 saturated heterocycles. The van der Waals surface area contributed by atoms with Crippen molar-refractivity contribution in [2.75, 3.05) is 36.9 Å². The minimum absolute atomic E-state index is 0. The zero-order valence-electron chi connectivity index (χ0n) is 12.9. The largest absolute Gasteiger partial charge is 0.397 e. The standard InChI is InChI=1S/C15H18N4O3S.ClH/c16-14-12-13(23(20,21)19-8-10-22-11-9-19)2-3-15(14)18-6-1-4-17-5-7-18;/h1-7,12H,8-11,16H2;1H. The summed E-state index contributed by atoms with van der Waals surface area (Å²) in [4.78, 5) is 5.98. The first-order valence-corrected chi connectivity index (χ1v) is 8.65. The Labute approximate surface area is 147 Å². The maximum absolute atomic E-state index is 12.6. The van der Waals surface area contributed by atoms with Crippen molar-refractivity contribution in [3.8, 4) is 0 Å². The van der Waals surface area contributed by atoms with E-state index in [0.29, 0.717) is 37.7 Å². The van der Waals surface area contributed by atoms with Crippen LogP contribution in [-0.4, -0.2) is 45.2 Å². The summed E-state index contributed by atoms with van der Waals surface area (Å²) < 4.78 is 31.9. The van der Waals surface area contributed by atoms with E-state index in [1.807, 2.05) is 0 Å². The van der Waals surface area contributed by atoms with E-state index in [2.05, 4.69) is 4.99 Å². The van der Waals surface area contributed by atoms with Crippen molar-refractivity contribution in [2.24, 2.45) is 4.99 Å². The molecule has 0 saturated carbocycles. The summed E-state index contributed by atoms with van der Waals surface area (Å²) in [6, 6.07) is 4.76. The molecule has 0 radical (unpaired) electrons. The van der Waals surface area contributed by atoms with E-state index < -0.39 is 10.0 Å². The molecule has 0 spiro atoms. The zero-order chi connectivity index (χ0) is 16.3. The Morgan fingerprint density at radius 1 is 1.17 bits per heavy atom. The summed E-state index contributed by atoms with van der Waals surface area (Å²) in [6.07, 6.45) is 8.62. The Kier molecular flexibility index (Phi) is 6.00. The molecule has 0 amide bonds. The van der Waals surface area contributed by atoms with Gasteiger partial charge in [-0.2, -0.15) is 4.31 Å². The van der Waals surface area contributed by atoms with Gasteiger partial charge < -0.3 is 15.4 Å². The molecule has 9 heteroatoms. The number of hydrogen-bond acceptors (Lipinski definition) is 6. The van der Waals surface area contributed by atoms with Gasteiger partial charge in [0.25, 0.3) is 0 Å². The number of aliphatic imine (C=N–C) groups is 1. The lowest BCUT2D eigenvalue weighted by atomic mass is 10.2. The van der Waals surface area contributed by atoms with Gasteiger partial charge in [-0.05, 0) is 24.3 Å². The van der Waals surface area contributed by atoms with Crippen molar-refractivity contribution in [3.05, 3.63) is 42.9 Å². The number of hydrogen-bond donors (Lipinski definition) is 1. The van der Waals surface area contributed by atoms with Crippen LogP contribution in [0.25, 0.3) is 0 Å². The van der Waals surface area contributed by atoms with Crippen molar-refractivity contribution in [1.29, 1.82) is 0 Å². The van der Waals surface area contributed by atoms with Crippen LogP contribution in [0.1, 0.15) is 0 Å². The summed E-state index contributed by atoms with van der Waals surface area (Å²) in [5, 5.41) is 0. The number of halogens is 1. The maximum Gasteiger partial charge on any atom is 0.243 e. The Morgan fingerprint density at radius 2 is 1.92 bits per heavy atom. The highest BCUT2D eigenvalue weighted by molar-refractivity contribution is 7.89. The van der Waals surface area contributed by atoms with E-state index in [4.69, 9.17) is 10.5 Å². The number of anilines is 2. The highest BCUT2D eigenvalue weighted by atomic mass is 35.5. The molecule has 2 aliphatic heterocycles. The van der Waals surface area contributed by atoms with Gasteiger partial charge >= 0.3 is 0 Å². The lowest BCUT2D eigenvalue weighted by molar-refractivity contribution is 0.0730. The molecule has 2 heterocycles. The van der Waals surface area contributed by atoms with Gasteiger partial charge in [-0.3, -0.25) is 4.99 Å². The average molecular weight is 371 g/mol. The fourth-order valence-corrected chi connectivity index (χ4v) is 3.86. The van der Waals surface area contributed by atoms with Crippen molar-refractivity contribution in [3.63, 3.8) is 0 Å². The quantitative estimate of drug-likeness (QED) is 0.816. The number of sulfonamides is 1. The minimum atomic E-state index is -3.55. The smallest absolute Gasteiger partial charge is 0.243 e. The van der Waals surface area contributed by atoms with Crippen LogP contribution in [0, 0.1) is 0 Å². The first kappa shape index (κ1) is 18.5. The molecule has 0 unspecified atom stereocenters. The number of nitrogens with two attached hydrogens (primary N) is 1. The van der Waals surface area contributed by atoms with Crippen LogP contribution in [0.4, 0.5) is 11.4 Å². The van der Waals surface area contributed by atoms with Gasteiger partial charge in [0.05, 0.1) is 29.5 Å². The van der Waals surface area contributed by atoms with Crippen LogP contribution >= 0.6 is 12.4 Å². The predicted octanol–water partition coefficient (Wildman–Crippen LogP) is 1.59. The van der Waals surface area contributed by atoms with Crippen molar-refractivity contribution >= 4 is 40.0 Å². The van der Waals surface area contributed by atoms with Crippen molar-refractivity contribution in [1.82, 2.24) is 4.31 Å². The number of benzene rings is 1. The van der Waals surface area contributed by atoms with Crippen LogP contribution < -0.4 is 10.6 Å². The molecule has 3 rings (SSSR count). The molecular formula is C15H19ClN4O3S. The minimum Gasteiger partial charge on any atom is -0.397 e. The van der Waals surface area contributed by atoms with Gasteiger partial charge in [0, 0.05) is 37.9 Å². The van der Waals surface area contributed by atoms with E-state index in [1.165, 1.54) is 10.4 Å². The molecule has 24 heavy (non-hydrogen) atoms. The highest BCUT2D eigenvalue weighted by Crippen LogP contribution is 2.29. The molecule has 1 aromatic carbocycles. The molecule has 130 valence electrons. The topological polar surface area (TPSA) is 88.2 Å². The first-order valence-electron chi connectivity index (χ1n) is 7.21. The van der Waals surface area contributed by atoms with E-state index in [9.17, 15) is 8.42 Å². The normalized spacial score (nSPS) is 18.2. The number of nitrogen functional groups attached to an aromatic ring is 1. The van der Waals surface area contributed by atoms with E-state index in [-0.39, 0.29) is 17.3 Å². The third kappa shape index (κ3) is 3.78. The maximum atomic E-state index is 12.6. The third-order valence-corrected chi connectivity index (χ3v) is 5.51. The van der Waals surface area contributed by atoms with Crippen LogP contribution in [0.2, 0.25) is 0 Å². The number of nitrogens with zero attached hydrogens (tertiary/aromatic N) is 3. The summed E-state index contributed by atoms with van der Waals surface area (Å²) in [6.45, 7) is 1.55. The number of ether oxygens (including phenoxy) is 1. The molecule has 1 fully saturated rings. The van der Waals surface area contributed by atoms with Crippen molar-refractivity contribution in [2.45, 2.75) is 4.90 Å². The second kappa shape index (κ2) is 7.80. The molecule has 0 aliphatic carbocycles. The molecule has 7 nitrogen and oxygen atoms in total. The van der Waals surface area contributed by atoms with E-state index in [0.717, 1.165) is 0 Å². The Morgan fingerprint density at radius 3 is 2.62 bits per heavy atom. The Bertz CT molecular complexity index is 755. The van der Waals surface area contributed by atoms with Gasteiger partial charge in [-0.15, -0.1) is 12.4 Å². The third-order valence-electron chi connectivity index (χ3n) is 3.62. The summed E-state index contributed by atoms with van der Waals surface area (Å²) >= 11 is 0. The fraction of sp³-hybridized carbons (Fsp3) is 0.267. The molecule has 1 aromatic rings. The van der Waals surface area contributed by atoms with Crippen LogP contribution in [-0.2, 0) is 14.8 Å². The molecule has 0 aromatic heterocycles. The first-order chi connectivity index (χ1) is 11.1. The summed E-state index contributed by atoms with van der Waals surface area (Å²) in [7, 11) is -3.55. The average Bonchev–Trinajstić information content (AvgIpc) is 2.85. The van der Waals surface area contributed by atoms with E-state index >= 15 is 0 Å². The van der Waals surface area contributed by atoms with Gasteiger partial charge in [-0.1, -0.05) is 0 Å². The molecular weight excluding hydrogens is 352 g/mol. The second-order valence-corrected chi connectivity index (χ2v) is 7.02. The lowest BCUT2D eigenvalue weighted by Crippen LogP contribution is -2.40. The zero-order valence-corrected chi connectivity index (χ0v) is 14.5. The summed E-state index contributed by atoms with van der Waals surface area (Å²) in [5.74, 6) is 0. The lowest BCUT2D eigenvalue weighted by Gasteiger charge is -2.26. The Hall–Kier alpha value is -1.87. The van der Waals surface area contributed by atoms with Crippen LogP contribution in [0.15, 0.2) is 52.8 Å². The highest BCUT2D eigenvalue weighted by Gasteiger charge is 2.26. The molecule has 0 bridgehead atoms. The second-order valence-electron chi connectivity index (χ2n) is 5.08. The predicted molar refractivity (Wildman–Crippen MR) is 96.9 cm³/mol. The molecule has 0 atom stereocenters. The van der Waals surface area contributed by atoms with Gasteiger partial charge in [0.1, 0.15) is 0 Å². The summed E-state index contributed by atoms with van der Waals surface area (Å²) in [5.41, 5.74) is 7.15. The monoisotopic (exact) mass is 370 g/mol. The van der Waals surface area contributed by atoms with Crippen molar-refractivity contribution < 1.29 is 13.2 Å². The fourth-order valence-electron chi connectivity index (χ4n) is 2.42. The molecule has 2 N–H and O–H groups in total. The van der Waals surface area contributed by atoms with Gasteiger partial charge in [-0.25, -0.2) is 8.42 Å².